The van der Waals surface area contributed by atoms with Crippen molar-refractivity contribution in [2.75, 3.05) is 14.2 Å². The number of esters is 2. The van der Waals surface area contributed by atoms with Gasteiger partial charge in [0.15, 0.2) is 11.5 Å². The van der Waals surface area contributed by atoms with E-state index in [2.05, 4.69) is 9.47 Å². The van der Waals surface area contributed by atoms with Crippen LogP contribution in [0.25, 0.3) is 6.08 Å². The highest BCUT2D eigenvalue weighted by atomic mass is 16.5. The predicted molar refractivity (Wildman–Crippen MR) is 96.0 cm³/mol. The number of phenolic OH excluding ortho intramolecular Hbond substituents is 1. The van der Waals surface area contributed by atoms with Crippen LogP contribution in [-0.4, -0.2) is 31.3 Å². The molecule has 0 amide bonds. The summed E-state index contributed by atoms with van der Waals surface area (Å²) in [5.41, 5.74) is 1.65. The number of carbonyl (C=O) groups excluding carboxylic acids is 2. The van der Waals surface area contributed by atoms with Gasteiger partial charge in [0.25, 0.3) is 0 Å². The van der Waals surface area contributed by atoms with E-state index in [0.717, 1.165) is 5.56 Å². The van der Waals surface area contributed by atoms with E-state index in [1.165, 1.54) is 26.4 Å². The van der Waals surface area contributed by atoms with E-state index >= 15 is 0 Å². The van der Waals surface area contributed by atoms with Crippen LogP contribution in [0.2, 0.25) is 0 Å². The van der Waals surface area contributed by atoms with Gasteiger partial charge in [0.2, 0.25) is 0 Å². The molecule has 6 heteroatoms. The van der Waals surface area contributed by atoms with Crippen molar-refractivity contribution in [3.63, 3.8) is 0 Å². The van der Waals surface area contributed by atoms with Gasteiger partial charge in [-0.3, -0.25) is 4.79 Å². The zero-order chi connectivity index (χ0) is 18.9. The Labute approximate surface area is 151 Å². The standard InChI is InChI=1S/C20H20O6/c1-24-19(22)11-6-14-3-8-16(9-4-14)26-18-13-15(5-10-17(18)21)7-12-20(23)25-2/h3-5,7-10,12-13,21H,6,11H2,1-2H3. The van der Waals surface area contributed by atoms with Crippen molar-refractivity contribution in [2.45, 2.75) is 12.8 Å². The van der Waals surface area contributed by atoms with Crippen molar-refractivity contribution in [1.29, 1.82) is 0 Å². The van der Waals surface area contributed by atoms with E-state index in [4.69, 9.17) is 4.74 Å². The van der Waals surface area contributed by atoms with Gasteiger partial charge in [0.1, 0.15) is 5.75 Å². The average Bonchev–Trinajstić information content (AvgIpc) is 2.67. The largest absolute Gasteiger partial charge is 0.504 e. The Morgan fingerprint density at radius 2 is 1.77 bits per heavy atom. The predicted octanol–water partition coefficient (Wildman–Crippen LogP) is 3.48. The first-order valence-corrected chi connectivity index (χ1v) is 7.94. The lowest BCUT2D eigenvalue weighted by Crippen LogP contribution is -2.01. The third kappa shape index (κ3) is 5.66. The number of ether oxygens (including phenoxy) is 3. The van der Waals surface area contributed by atoms with Gasteiger partial charge in [0, 0.05) is 12.5 Å². The molecule has 0 spiro atoms. The van der Waals surface area contributed by atoms with Crippen molar-refractivity contribution < 1.29 is 28.9 Å². The van der Waals surface area contributed by atoms with Gasteiger partial charge in [-0.1, -0.05) is 18.2 Å². The topological polar surface area (TPSA) is 82.1 Å². The number of aryl methyl sites for hydroxylation is 1. The van der Waals surface area contributed by atoms with Crippen molar-refractivity contribution in [2.24, 2.45) is 0 Å². The van der Waals surface area contributed by atoms with Crippen LogP contribution in [0.5, 0.6) is 17.2 Å². The smallest absolute Gasteiger partial charge is 0.330 e. The van der Waals surface area contributed by atoms with E-state index in [9.17, 15) is 14.7 Å². The van der Waals surface area contributed by atoms with Crippen LogP contribution in [0.4, 0.5) is 0 Å². The van der Waals surface area contributed by atoms with Gasteiger partial charge in [-0.05, 0) is 47.9 Å². The van der Waals surface area contributed by atoms with Crippen LogP contribution in [0.1, 0.15) is 17.5 Å². The number of carbonyl (C=O) groups is 2. The summed E-state index contributed by atoms with van der Waals surface area (Å²) in [6.45, 7) is 0. The molecule has 2 aromatic rings. The molecule has 6 nitrogen and oxygen atoms in total. The Bertz CT molecular complexity index is 792. The monoisotopic (exact) mass is 356 g/mol. The maximum atomic E-state index is 11.2. The first kappa shape index (κ1) is 19.1. The Balaban J connectivity index is 2.06. The number of phenols is 1. The molecule has 136 valence electrons. The van der Waals surface area contributed by atoms with Crippen molar-refractivity contribution in [1.82, 2.24) is 0 Å². The molecule has 0 aliphatic carbocycles. The normalized spacial score (nSPS) is 10.5. The molecule has 2 rings (SSSR count). The summed E-state index contributed by atoms with van der Waals surface area (Å²) in [6.07, 6.45) is 3.73. The number of benzene rings is 2. The summed E-state index contributed by atoms with van der Waals surface area (Å²) < 4.78 is 14.8. The molecule has 1 N–H and O–H groups in total. The van der Waals surface area contributed by atoms with Crippen molar-refractivity contribution >= 4 is 18.0 Å². The van der Waals surface area contributed by atoms with Crippen LogP contribution in [-0.2, 0) is 25.5 Å². The molecule has 0 fully saturated rings. The van der Waals surface area contributed by atoms with Gasteiger partial charge < -0.3 is 19.3 Å². The molecule has 0 bridgehead atoms. The first-order chi connectivity index (χ1) is 12.5. The van der Waals surface area contributed by atoms with Gasteiger partial charge in [0.05, 0.1) is 14.2 Å². The number of hydrogen-bond donors (Lipinski definition) is 1. The highest BCUT2D eigenvalue weighted by Crippen LogP contribution is 2.32. The summed E-state index contributed by atoms with van der Waals surface area (Å²) in [5.74, 6) is 0.0562. The number of rotatable bonds is 7. The van der Waals surface area contributed by atoms with Gasteiger partial charge in [-0.15, -0.1) is 0 Å². The first-order valence-electron chi connectivity index (χ1n) is 7.94. The fourth-order valence-corrected chi connectivity index (χ4v) is 2.15. The Morgan fingerprint density at radius 1 is 1.04 bits per heavy atom. The molecule has 0 heterocycles. The number of aromatic hydroxyl groups is 1. The van der Waals surface area contributed by atoms with Crippen molar-refractivity contribution in [3.8, 4) is 17.2 Å². The molecule has 0 unspecified atom stereocenters. The Morgan fingerprint density at radius 3 is 2.42 bits per heavy atom. The Hall–Kier alpha value is -3.28. The summed E-state index contributed by atoms with van der Waals surface area (Å²) in [6, 6.07) is 11.9. The lowest BCUT2D eigenvalue weighted by molar-refractivity contribution is -0.140. The molecule has 0 aliphatic heterocycles. The molecule has 0 aromatic heterocycles. The molecule has 0 aliphatic rings. The minimum atomic E-state index is -0.469. The minimum absolute atomic E-state index is 0.0185. The van der Waals surface area contributed by atoms with E-state index in [-0.39, 0.29) is 17.5 Å². The molecule has 0 saturated carbocycles. The van der Waals surface area contributed by atoms with E-state index in [1.807, 2.05) is 12.1 Å². The van der Waals surface area contributed by atoms with Crippen LogP contribution in [0.3, 0.4) is 0 Å². The lowest BCUT2D eigenvalue weighted by atomic mass is 10.1. The molecular formula is C20H20O6. The molecule has 0 atom stereocenters. The lowest BCUT2D eigenvalue weighted by Gasteiger charge is -2.09. The second-order valence-corrected chi connectivity index (χ2v) is 5.41. The molecule has 0 saturated heterocycles. The average molecular weight is 356 g/mol. The van der Waals surface area contributed by atoms with Gasteiger partial charge >= 0.3 is 11.9 Å². The van der Waals surface area contributed by atoms with Gasteiger partial charge in [-0.2, -0.15) is 0 Å². The Kier molecular flexibility index (Phi) is 6.79. The third-order valence-corrected chi connectivity index (χ3v) is 3.59. The second-order valence-electron chi connectivity index (χ2n) is 5.41. The second kappa shape index (κ2) is 9.27. The highest BCUT2D eigenvalue weighted by molar-refractivity contribution is 5.87. The summed E-state index contributed by atoms with van der Waals surface area (Å²) >= 11 is 0. The van der Waals surface area contributed by atoms with Crippen LogP contribution < -0.4 is 4.74 Å². The van der Waals surface area contributed by atoms with Gasteiger partial charge in [-0.25, -0.2) is 4.79 Å². The van der Waals surface area contributed by atoms with Crippen LogP contribution in [0, 0.1) is 0 Å². The summed E-state index contributed by atoms with van der Waals surface area (Å²) in [4.78, 5) is 22.3. The quantitative estimate of drug-likeness (QED) is 0.604. The number of hydrogen-bond acceptors (Lipinski definition) is 6. The van der Waals surface area contributed by atoms with E-state index < -0.39 is 5.97 Å². The fraction of sp³-hybridized carbons (Fsp3) is 0.200. The molecule has 26 heavy (non-hydrogen) atoms. The molecule has 2 aromatic carbocycles. The SMILES string of the molecule is COC(=O)C=Cc1ccc(O)c(Oc2ccc(CCC(=O)OC)cc2)c1. The summed E-state index contributed by atoms with van der Waals surface area (Å²) in [7, 11) is 2.66. The van der Waals surface area contributed by atoms with E-state index in [1.54, 1.807) is 30.3 Å². The fourth-order valence-electron chi connectivity index (χ4n) is 2.15. The number of methoxy groups -OCH3 is 2. The maximum absolute atomic E-state index is 11.2. The molecular weight excluding hydrogens is 336 g/mol. The van der Waals surface area contributed by atoms with Crippen molar-refractivity contribution in [3.05, 3.63) is 59.7 Å². The maximum Gasteiger partial charge on any atom is 0.330 e. The molecule has 0 radical (unpaired) electrons. The zero-order valence-electron chi connectivity index (χ0n) is 14.6. The van der Waals surface area contributed by atoms with Crippen LogP contribution >= 0.6 is 0 Å². The zero-order valence-corrected chi connectivity index (χ0v) is 14.6. The highest BCUT2D eigenvalue weighted by Gasteiger charge is 2.06. The minimum Gasteiger partial charge on any atom is -0.504 e. The summed E-state index contributed by atoms with van der Waals surface area (Å²) in [5, 5.41) is 9.95. The van der Waals surface area contributed by atoms with Crippen LogP contribution in [0.15, 0.2) is 48.5 Å². The third-order valence-electron chi connectivity index (χ3n) is 3.59. The van der Waals surface area contributed by atoms with E-state index in [0.29, 0.717) is 24.2 Å².